The van der Waals surface area contributed by atoms with Gasteiger partial charge in [-0.3, -0.25) is 0 Å². The van der Waals surface area contributed by atoms with Gasteiger partial charge in [-0.15, -0.1) is 0 Å². The number of alkyl halides is 33. The predicted molar refractivity (Wildman–Crippen MR) is 409 cm³/mol. The van der Waals surface area contributed by atoms with E-state index in [1.54, 1.807) is 34.6 Å². The lowest BCUT2D eigenvalue weighted by Gasteiger charge is -2.51. The molecule has 0 heterocycles. The molecule has 0 aromatic carbocycles. The van der Waals surface area contributed by atoms with E-state index < -0.39 is 162 Å². The molecule has 10 aliphatic carbocycles. The summed E-state index contributed by atoms with van der Waals surface area (Å²) in [5.41, 5.74) is -14.8. The van der Waals surface area contributed by atoms with Gasteiger partial charge in [-0.1, -0.05) is 217 Å². The molecule has 33 heteroatoms. The van der Waals surface area contributed by atoms with E-state index in [1.165, 1.54) is 59.8 Å². The van der Waals surface area contributed by atoms with Gasteiger partial charge in [0.2, 0.25) is 0 Å². The second-order valence-corrected chi connectivity index (χ2v) is 42.1. The van der Waals surface area contributed by atoms with Crippen molar-refractivity contribution in [1.29, 1.82) is 0 Å². The topological polar surface area (TPSA) is 0 Å². The minimum absolute atomic E-state index is 0.0106. The number of hydrogen-bond acceptors (Lipinski definition) is 0. The quantitative estimate of drug-likeness (QED) is 0.242. The minimum Gasteiger partial charge on any atom is -0.171 e. The van der Waals surface area contributed by atoms with Crippen LogP contribution in [-0.4, -0.2) is 67.9 Å². The predicted octanol–water partition coefficient (Wildman–Crippen LogP) is 37.0. The van der Waals surface area contributed by atoms with E-state index in [-0.39, 0.29) is 78.4 Å². The van der Waals surface area contributed by atoms with Crippen LogP contribution in [-0.2, 0) is 0 Å². The summed E-state index contributed by atoms with van der Waals surface area (Å²) in [4.78, 5) is 0. The van der Waals surface area contributed by atoms with E-state index in [1.807, 2.05) is 62.3 Å². The van der Waals surface area contributed by atoms with E-state index in [9.17, 15) is 145 Å². The van der Waals surface area contributed by atoms with Gasteiger partial charge in [-0.25, -0.2) is 0 Å². The van der Waals surface area contributed by atoms with Gasteiger partial charge in [0.1, 0.15) is 0 Å². The summed E-state index contributed by atoms with van der Waals surface area (Å²) < 4.78 is 415. The summed E-state index contributed by atoms with van der Waals surface area (Å²) in [6.07, 6.45) is -37.4. The summed E-state index contributed by atoms with van der Waals surface area (Å²) in [6, 6.07) is 0. The second-order valence-electron chi connectivity index (χ2n) is 42.1. The largest absolute Gasteiger partial charge is 0.403 e. The van der Waals surface area contributed by atoms with Gasteiger partial charge in [-0.05, 0) is 228 Å². The summed E-state index contributed by atoms with van der Waals surface area (Å²) in [5, 5.41) is 0. The van der Waals surface area contributed by atoms with Crippen molar-refractivity contribution >= 4 is 0 Å². The zero-order valence-electron chi connectivity index (χ0n) is 75.1. The molecule has 121 heavy (non-hydrogen) atoms. The van der Waals surface area contributed by atoms with Crippen molar-refractivity contribution in [3.05, 3.63) is 0 Å². The third kappa shape index (κ3) is 30.9. The van der Waals surface area contributed by atoms with Crippen molar-refractivity contribution < 1.29 is 145 Å². The Bertz CT molecular complexity index is 2850. The van der Waals surface area contributed by atoms with Gasteiger partial charge in [0, 0.05) is 0 Å². The van der Waals surface area contributed by atoms with Gasteiger partial charge < -0.3 is 0 Å². The molecule has 0 nitrogen and oxygen atoms in total. The average molecular weight is 1830 g/mol. The maximum atomic E-state index is 13.0. The summed E-state index contributed by atoms with van der Waals surface area (Å²) in [7, 11) is 0. The molecular formula is C88H143F33. The lowest BCUT2D eigenvalue weighted by Crippen LogP contribution is -2.55. The highest BCUT2D eigenvalue weighted by molar-refractivity contribution is 5.04. The van der Waals surface area contributed by atoms with Crippen LogP contribution in [0, 0.1) is 131 Å². The van der Waals surface area contributed by atoms with Crippen molar-refractivity contribution in [3.8, 4) is 0 Å². The molecule has 0 radical (unpaired) electrons. The van der Waals surface area contributed by atoms with Gasteiger partial charge in [-0.2, -0.15) is 145 Å². The van der Waals surface area contributed by atoms with Gasteiger partial charge in [0.15, 0.2) is 16.2 Å². The standard InChI is InChI=1S/C14H20F6.C11H21F3.C10H19F3.C10H18.2C9H12F6.C9H15F3.2C8H13F3/c1-10-2-4-11(5-3-10)6-8-12(9-7-11,13(15,16)17)14(18,19)20;1-8(2,3)9(4,5)10(6,7)11(12,13)14;1-7(8(2,3)4)9(5,6)10(11,12)13;1-8-7-9-3-5-10(8,2)6-4-9;1-6-2-4-7(5-3-6,8(10,11)12)9(13,14)15;1-6-4-2-3-5-7(6,8(10,11)12)9(13,14)15;1-6-4-3-5-8(7(6)2)9(10,11)12;1-6-2-4-7(5-3-6)8(9,10)11;1-6-3-2-4-7(5-6)8(9,10)11/h10H,2-9H2,1H3;1-7H3;7H,1-6H3;8-9H,3-7H2,1-2H3;2*6H,2-5H2,1H3;6-8H,3-5H2,1-2H3;2*6-7H,2-5H2,1H3/t;;7-;8-,9?,10?;;6-;6?,7-,8?;;6-,7?/m..10.11.1/s1. The Hall–Kier alpha value is -2.31. The Balaban J connectivity index is 0.000000685. The Morgan fingerprint density at radius 3 is 0.934 bits per heavy atom. The molecule has 10 fully saturated rings. The SMILES string of the molecule is CC(C)(C)C(C)(C)C(C)(C)C(F)(F)F.CC1CCC(C(F)(F)F)(C(F)(F)F)CC1.CC1CCC(C(F)(F)F)CC1.CC1CCC2(CC1)CCC(C(F)(F)F)(C(F)(F)F)CC2.CC1CCCC(C(F)(F)F)[C@@H]1C.C[C@@H]1CCCC(C(F)(F)F)C1.C[C@@H]1CCCCC1(C(F)(F)F)C(F)(F)F.C[C@H](C(C)(C)C)C(C)(C)C(F)(F)F.C[C@H]1CC2CCC1(C)CC2. The van der Waals surface area contributed by atoms with Crippen molar-refractivity contribution in [2.24, 2.45) is 131 Å². The van der Waals surface area contributed by atoms with E-state index in [2.05, 4.69) is 20.8 Å². The second kappa shape index (κ2) is 42.3. The molecule has 0 N–H and O–H groups in total. The van der Waals surface area contributed by atoms with Crippen LogP contribution < -0.4 is 0 Å². The van der Waals surface area contributed by atoms with Crippen molar-refractivity contribution in [1.82, 2.24) is 0 Å². The van der Waals surface area contributed by atoms with Gasteiger partial charge in [0.25, 0.3) is 0 Å². The number of rotatable bonds is 2. The fourth-order valence-corrected chi connectivity index (χ4v) is 19.0. The van der Waals surface area contributed by atoms with Crippen LogP contribution in [0.4, 0.5) is 145 Å². The first kappa shape index (κ1) is 117. The van der Waals surface area contributed by atoms with E-state index in [0.29, 0.717) is 50.4 Å². The van der Waals surface area contributed by atoms with Crippen LogP contribution in [0.25, 0.3) is 0 Å². The highest BCUT2D eigenvalue weighted by atomic mass is 19.5. The summed E-state index contributed by atoms with van der Waals surface area (Å²) in [5.74, 6) is -1.48. The third-order valence-corrected chi connectivity index (χ3v) is 31.5. The molecule has 10 aliphatic rings. The molecule has 10 saturated carbocycles. The van der Waals surface area contributed by atoms with Crippen LogP contribution in [0.2, 0.25) is 0 Å². The fourth-order valence-electron chi connectivity index (χ4n) is 19.0. The van der Waals surface area contributed by atoms with E-state index in [0.717, 1.165) is 88.4 Å². The van der Waals surface area contributed by atoms with E-state index >= 15 is 0 Å². The third-order valence-electron chi connectivity index (χ3n) is 31.5. The zero-order valence-corrected chi connectivity index (χ0v) is 75.1. The van der Waals surface area contributed by atoms with Crippen molar-refractivity contribution in [3.63, 3.8) is 0 Å². The van der Waals surface area contributed by atoms with Crippen LogP contribution in [0.3, 0.4) is 0 Å². The zero-order chi connectivity index (χ0) is 95.6. The van der Waals surface area contributed by atoms with Gasteiger partial charge in [0.05, 0.1) is 28.6 Å². The molecule has 1 spiro atoms. The normalized spacial score (nSPS) is 29.1. The van der Waals surface area contributed by atoms with Crippen LogP contribution >= 0.6 is 0 Å². The maximum absolute atomic E-state index is 13.0. The molecule has 2 bridgehead atoms. The van der Waals surface area contributed by atoms with Gasteiger partial charge >= 0.3 is 67.9 Å². The lowest BCUT2D eigenvalue weighted by atomic mass is 9.55. The highest BCUT2D eigenvalue weighted by Crippen LogP contribution is 2.66. The van der Waals surface area contributed by atoms with Crippen LogP contribution in [0.1, 0.15) is 358 Å². The Morgan fingerprint density at radius 2 is 0.669 bits per heavy atom. The maximum Gasteiger partial charge on any atom is 0.403 e. The number of halogens is 33. The van der Waals surface area contributed by atoms with Crippen LogP contribution in [0.15, 0.2) is 0 Å². The molecule has 3 unspecified atom stereocenters. The molecule has 10 rings (SSSR count). The first-order valence-corrected chi connectivity index (χ1v) is 43.3. The molecule has 8 atom stereocenters. The molecular weight excluding hydrogens is 1680 g/mol. The fraction of sp³-hybridized carbons (Fsp3) is 1.00. The monoisotopic (exact) mass is 1830 g/mol. The molecule has 0 aromatic heterocycles. The first-order valence-electron chi connectivity index (χ1n) is 43.3. The summed E-state index contributed by atoms with van der Waals surface area (Å²) >= 11 is 0. The molecule has 0 saturated heterocycles. The molecule has 0 aliphatic heterocycles. The molecule has 0 amide bonds. The first-order chi connectivity index (χ1) is 53.5. The number of hydrogen-bond donors (Lipinski definition) is 0. The number of fused-ring (bicyclic) bond motifs is 3. The Kier molecular flexibility index (Phi) is 40.8. The average Bonchev–Trinajstić information content (AvgIpc) is 0.736. The Labute approximate surface area is 699 Å². The van der Waals surface area contributed by atoms with Crippen molar-refractivity contribution in [2.75, 3.05) is 0 Å². The molecule has 0 aromatic rings. The Morgan fingerprint density at radius 1 is 0.289 bits per heavy atom. The smallest absolute Gasteiger partial charge is 0.171 e. The van der Waals surface area contributed by atoms with Crippen molar-refractivity contribution in [2.45, 2.75) is 426 Å². The summed E-state index contributed by atoms with van der Waals surface area (Å²) in [6.45, 7) is 38.5. The van der Waals surface area contributed by atoms with E-state index in [4.69, 9.17) is 0 Å². The van der Waals surface area contributed by atoms with Crippen LogP contribution in [0.5, 0.6) is 0 Å². The minimum atomic E-state index is -5.20. The molecule has 726 valence electrons. The highest BCUT2D eigenvalue weighted by Gasteiger charge is 2.74. The lowest BCUT2D eigenvalue weighted by molar-refractivity contribution is -0.364.